The van der Waals surface area contributed by atoms with Gasteiger partial charge in [-0.2, -0.15) is 0 Å². The highest BCUT2D eigenvalue weighted by Crippen LogP contribution is 2.24. The second-order valence-electron chi connectivity index (χ2n) is 8.81. The molecule has 0 radical (unpaired) electrons. The molecule has 0 heterocycles. The van der Waals surface area contributed by atoms with E-state index in [0.29, 0.717) is 17.7 Å². The van der Waals surface area contributed by atoms with Crippen LogP contribution in [0.2, 0.25) is 0 Å². The van der Waals surface area contributed by atoms with Gasteiger partial charge < -0.3 is 9.47 Å². The number of hydrogen-bond donors (Lipinski definition) is 0. The van der Waals surface area contributed by atoms with E-state index in [9.17, 15) is 9.59 Å². The predicted octanol–water partition coefficient (Wildman–Crippen LogP) is 8.14. The van der Waals surface area contributed by atoms with Gasteiger partial charge in [-0.15, -0.1) is 0 Å². The van der Waals surface area contributed by atoms with Crippen molar-refractivity contribution in [3.05, 3.63) is 54.1 Å². The lowest BCUT2D eigenvalue weighted by atomic mass is 10.0. The van der Waals surface area contributed by atoms with Gasteiger partial charge in [-0.1, -0.05) is 83.1 Å². The maximum absolute atomic E-state index is 12.4. The number of unbranched alkanes of at least 4 members (excludes halogenated alkanes) is 7. The molecule has 180 valence electrons. The fourth-order valence-corrected chi connectivity index (χ4v) is 3.74. The van der Waals surface area contributed by atoms with Crippen molar-refractivity contribution in [1.82, 2.24) is 0 Å². The molecule has 2 rings (SSSR count). The fraction of sp³-hybridized carbons (Fsp3) is 0.517. The van der Waals surface area contributed by atoms with Crippen LogP contribution in [0.3, 0.4) is 0 Å². The zero-order valence-electron chi connectivity index (χ0n) is 20.6. The second-order valence-corrected chi connectivity index (χ2v) is 8.81. The van der Waals surface area contributed by atoms with E-state index in [1.54, 1.807) is 12.1 Å². The summed E-state index contributed by atoms with van der Waals surface area (Å²) < 4.78 is 11.0. The third-order valence-corrected chi connectivity index (χ3v) is 5.80. The molecule has 33 heavy (non-hydrogen) atoms. The molecule has 0 aliphatic heterocycles. The normalized spacial score (nSPS) is 11.7. The Labute approximate surface area is 199 Å². The molecule has 0 N–H and O–H groups in total. The Bertz CT molecular complexity index is 824. The number of ether oxygens (including phenoxy) is 2. The number of carbonyl (C=O) groups is 2. The molecule has 0 aliphatic carbocycles. The Morgan fingerprint density at radius 2 is 1.27 bits per heavy atom. The molecular formula is C29H40O4. The molecule has 1 unspecified atom stereocenters. The van der Waals surface area contributed by atoms with Crippen molar-refractivity contribution in [3.8, 4) is 16.9 Å². The summed E-state index contributed by atoms with van der Waals surface area (Å²) >= 11 is 0. The van der Waals surface area contributed by atoms with Gasteiger partial charge in [-0.05, 0) is 61.6 Å². The van der Waals surface area contributed by atoms with E-state index in [1.165, 1.54) is 38.5 Å². The number of esters is 2. The maximum Gasteiger partial charge on any atom is 0.338 e. The van der Waals surface area contributed by atoms with Crippen molar-refractivity contribution < 1.29 is 19.1 Å². The molecule has 2 aromatic carbocycles. The first-order chi connectivity index (χ1) is 16.0. The summed E-state index contributed by atoms with van der Waals surface area (Å²) in [6.45, 7) is 6.32. The zero-order valence-corrected chi connectivity index (χ0v) is 20.6. The molecule has 0 amide bonds. The smallest absolute Gasteiger partial charge is 0.338 e. The Morgan fingerprint density at radius 1 is 0.727 bits per heavy atom. The van der Waals surface area contributed by atoms with Crippen molar-refractivity contribution in [2.45, 2.75) is 97.5 Å². The van der Waals surface area contributed by atoms with Gasteiger partial charge >= 0.3 is 11.9 Å². The van der Waals surface area contributed by atoms with Crippen molar-refractivity contribution in [2.75, 3.05) is 0 Å². The number of carbonyl (C=O) groups excluding carboxylic acids is 2. The van der Waals surface area contributed by atoms with E-state index in [1.807, 2.05) is 43.3 Å². The summed E-state index contributed by atoms with van der Waals surface area (Å²) in [5.41, 5.74) is 2.55. The van der Waals surface area contributed by atoms with Gasteiger partial charge in [0.2, 0.25) is 0 Å². The first-order valence-electron chi connectivity index (χ1n) is 12.7. The maximum atomic E-state index is 12.4. The Hall–Kier alpha value is -2.62. The highest BCUT2D eigenvalue weighted by atomic mass is 16.5. The third kappa shape index (κ3) is 10.2. The molecule has 4 heteroatoms. The Kier molecular flexibility index (Phi) is 12.3. The van der Waals surface area contributed by atoms with Crippen LogP contribution in [0.4, 0.5) is 0 Å². The van der Waals surface area contributed by atoms with E-state index >= 15 is 0 Å². The minimum Gasteiger partial charge on any atom is -0.459 e. The summed E-state index contributed by atoms with van der Waals surface area (Å²) in [4.78, 5) is 24.4. The van der Waals surface area contributed by atoms with Crippen molar-refractivity contribution in [1.29, 1.82) is 0 Å². The van der Waals surface area contributed by atoms with Gasteiger partial charge in [0.1, 0.15) is 5.75 Å². The number of benzene rings is 2. The van der Waals surface area contributed by atoms with Gasteiger partial charge in [0.25, 0.3) is 0 Å². The van der Waals surface area contributed by atoms with Crippen LogP contribution in [-0.4, -0.2) is 18.0 Å². The van der Waals surface area contributed by atoms with Crippen LogP contribution in [0.25, 0.3) is 11.1 Å². The number of hydrogen-bond acceptors (Lipinski definition) is 4. The minimum absolute atomic E-state index is 0.0689. The predicted molar refractivity (Wildman–Crippen MR) is 135 cm³/mol. The summed E-state index contributed by atoms with van der Waals surface area (Å²) in [7, 11) is 0. The van der Waals surface area contributed by atoms with Crippen LogP contribution >= 0.6 is 0 Å². The lowest BCUT2D eigenvalue weighted by molar-refractivity contribution is -0.134. The summed E-state index contributed by atoms with van der Waals surface area (Å²) in [5.74, 6) is 0.105. The molecular weight excluding hydrogens is 412 g/mol. The molecule has 0 aliphatic rings. The molecule has 0 aromatic heterocycles. The zero-order chi connectivity index (χ0) is 23.9. The van der Waals surface area contributed by atoms with Gasteiger partial charge in [0.05, 0.1) is 11.7 Å². The number of rotatable bonds is 15. The van der Waals surface area contributed by atoms with Crippen LogP contribution in [0, 0.1) is 0 Å². The van der Waals surface area contributed by atoms with E-state index in [0.717, 1.165) is 36.8 Å². The van der Waals surface area contributed by atoms with Crippen molar-refractivity contribution >= 4 is 11.9 Å². The molecule has 4 nitrogen and oxygen atoms in total. The summed E-state index contributed by atoms with van der Waals surface area (Å²) in [6.07, 6.45) is 11.5. The quantitative estimate of drug-likeness (QED) is 0.155. The molecule has 0 spiro atoms. The first-order valence-corrected chi connectivity index (χ1v) is 12.7. The van der Waals surface area contributed by atoms with Crippen LogP contribution in [0.1, 0.15) is 102 Å². The van der Waals surface area contributed by atoms with Gasteiger partial charge in [0.15, 0.2) is 0 Å². The third-order valence-electron chi connectivity index (χ3n) is 5.80. The van der Waals surface area contributed by atoms with Crippen LogP contribution in [-0.2, 0) is 9.53 Å². The van der Waals surface area contributed by atoms with E-state index < -0.39 is 0 Å². The van der Waals surface area contributed by atoms with Crippen molar-refractivity contribution in [2.24, 2.45) is 0 Å². The van der Waals surface area contributed by atoms with Crippen molar-refractivity contribution in [3.63, 3.8) is 0 Å². The van der Waals surface area contributed by atoms with Crippen LogP contribution < -0.4 is 4.74 Å². The standard InChI is InChI=1S/C29H40O4/c1-4-6-8-10-12-14-28(30)33-27-21-19-25(20-22-27)24-15-17-26(18-16-24)29(31)32-23(3)13-11-9-7-5-2/h15-23H,4-14H2,1-3H3. The SMILES string of the molecule is CCCCCCCC(=O)Oc1ccc(-c2ccc(C(=O)OC(C)CCCCCC)cc2)cc1. The molecule has 2 aromatic rings. The fourth-order valence-electron chi connectivity index (χ4n) is 3.74. The first kappa shape index (κ1) is 26.6. The largest absolute Gasteiger partial charge is 0.459 e. The van der Waals surface area contributed by atoms with Crippen LogP contribution in [0.15, 0.2) is 48.5 Å². The molecule has 1 atom stereocenters. The van der Waals surface area contributed by atoms with Crippen LogP contribution in [0.5, 0.6) is 5.75 Å². The average Bonchev–Trinajstić information content (AvgIpc) is 2.82. The average molecular weight is 453 g/mol. The Morgan fingerprint density at radius 3 is 1.88 bits per heavy atom. The van der Waals surface area contributed by atoms with Gasteiger partial charge in [0, 0.05) is 6.42 Å². The summed E-state index contributed by atoms with van der Waals surface area (Å²) in [6, 6.07) is 14.9. The second kappa shape index (κ2) is 15.3. The highest BCUT2D eigenvalue weighted by molar-refractivity contribution is 5.90. The monoisotopic (exact) mass is 452 g/mol. The molecule has 0 fully saturated rings. The topological polar surface area (TPSA) is 52.6 Å². The van der Waals surface area contributed by atoms with E-state index in [4.69, 9.17) is 9.47 Å². The van der Waals surface area contributed by atoms with Gasteiger partial charge in [-0.3, -0.25) is 4.79 Å². The lowest BCUT2D eigenvalue weighted by Gasteiger charge is -2.13. The molecule has 0 saturated carbocycles. The van der Waals surface area contributed by atoms with E-state index in [2.05, 4.69) is 13.8 Å². The lowest BCUT2D eigenvalue weighted by Crippen LogP contribution is -2.15. The minimum atomic E-state index is -0.276. The highest BCUT2D eigenvalue weighted by Gasteiger charge is 2.12. The van der Waals surface area contributed by atoms with E-state index in [-0.39, 0.29) is 18.0 Å². The summed E-state index contributed by atoms with van der Waals surface area (Å²) in [5, 5.41) is 0. The molecule has 0 saturated heterocycles. The molecule has 0 bridgehead atoms. The Balaban J connectivity index is 1.81. The van der Waals surface area contributed by atoms with Gasteiger partial charge in [-0.25, -0.2) is 4.79 Å².